The van der Waals surface area contributed by atoms with Gasteiger partial charge in [0.15, 0.2) is 0 Å². The third kappa shape index (κ3) is 3.43. The van der Waals surface area contributed by atoms with E-state index >= 15 is 0 Å². The SMILES string of the molecule is O=C(NCc1ccccc1[N+](=O)[O-])c1cccc(F)c1Br. The largest absolute Gasteiger partial charge is 0.348 e. The molecule has 7 heteroatoms. The minimum absolute atomic E-state index is 0.0149. The maximum absolute atomic E-state index is 13.4. The molecule has 0 atom stereocenters. The van der Waals surface area contributed by atoms with Gasteiger partial charge >= 0.3 is 0 Å². The fraction of sp³-hybridized carbons (Fsp3) is 0.0714. The van der Waals surface area contributed by atoms with Crippen molar-refractivity contribution in [1.82, 2.24) is 5.32 Å². The Morgan fingerprint density at radius 3 is 2.67 bits per heavy atom. The number of carbonyl (C=O) groups is 1. The van der Waals surface area contributed by atoms with Crippen LogP contribution >= 0.6 is 15.9 Å². The normalized spacial score (nSPS) is 10.2. The van der Waals surface area contributed by atoms with Gasteiger partial charge in [0.2, 0.25) is 0 Å². The van der Waals surface area contributed by atoms with Gasteiger partial charge in [0.25, 0.3) is 11.6 Å². The molecule has 0 heterocycles. The zero-order valence-corrected chi connectivity index (χ0v) is 12.3. The number of hydrogen-bond donors (Lipinski definition) is 1. The molecule has 5 nitrogen and oxygen atoms in total. The van der Waals surface area contributed by atoms with Gasteiger partial charge in [-0.2, -0.15) is 0 Å². The van der Waals surface area contributed by atoms with E-state index in [1.807, 2.05) is 0 Å². The van der Waals surface area contributed by atoms with Crippen molar-refractivity contribution in [3.8, 4) is 0 Å². The zero-order chi connectivity index (χ0) is 15.4. The molecule has 0 spiro atoms. The topological polar surface area (TPSA) is 72.2 Å². The monoisotopic (exact) mass is 352 g/mol. The first kappa shape index (κ1) is 15.1. The van der Waals surface area contributed by atoms with Gasteiger partial charge in [0, 0.05) is 18.2 Å². The molecule has 0 saturated carbocycles. The quantitative estimate of drug-likeness (QED) is 0.676. The Morgan fingerprint density at radius 2 is 1.95 bits per heavy atom. The van der Waals surface area contributed by atoms with Crippen molar-refractivity contribution >= 4 is 27.5 Å². The highest BCUT2D eigenvalue weighted by atomic mass is 79.9. The lowest BCUT2D eigenvalue weighted by molar-refractivity contribution is -0.385. The molecule has 0 radical (unpaired) electrons. The molecule has 0 unspecified atom stereocenters. The third-order valence-corrected chi connectivity index (χ3v) is 3.63. The summed E-state index contributed by atoms with van der Waals surface area (Å²) >= 11 is 3.00. The number of nitrogens with one attached hydrogen (secondary N) is 1. The maximum Gasteiger partial charge on any atom is 0.274 e. The number of nitro benzene ring substituents is 1. The molecule has 108 valence electrons. The van der Waals surface area contributed by atoms with Crippen molar-refractivity contribution in [2.45, 2.75) is 6.54 Å². The van der Waals surface area contributed by atoms with E-state index in [1.165, 1.54) is 24.3 Å². The van der Waals surface area contributed by atoms with Crippen molar-refractivity contribution < 1.29 is 14.1 Å². The Balaban J connectivity index is 2.15. The van der Waals surface area contributed by atoms with Crippen LogP contribution in [0.25, 0.3) is 0 Å². The Morgan fingerprint density at radius 1 is 1.24 bits per heavy atom. The van der Waals surface area contributed by atoms with Gasteiger partial charge in [-0.15, -0.1) is 0 Å². The lowest BCUT2D eigenvalue weighted by atomic mass is 10.1. The third-order valence-electron chi connectivity index (χ3n) is 2.82. The highest BCUT2D eigenvalue weighted by Gasteiger charge is 2.16. The highest BCUT2D eigenvalue weighted by molar-refractivity contribution is 9.10. The molecule has 0 bridgehead atoms. The number of amides is 1. The van der Waals surface area contributed by atoms with Crippen LogP contribution in [0, 0.1) is 15.9 Å². The lowest BCUT2D eigenvalue weighted by Crippen LogP contribution is -2.23. The standard InChI is InChI=1S/C14H10BrFN2O3/c15-13-10(5-3-6-11(13)16)14(19)17-8-9-4-1-2-7-12(9)18(20)21/h1-7H,8H2,(H,17,19). The summed E-state index contributed by atoms with van der Waals surface area (Å²) in [5.41, 5.74) is 0.438. The van der Waals surface area contributed by atoms with E-state index in [4.69, 9.17) is 0 Å². The number of nitro groups is 1. The van der Waals surface area contributed by atoms with Crippen LogP contribution in [0.1, 0.15) is 15.9 Å². The van der Waals surface area contributed by atoms with Crippen LogP contribution in [0.4, 0.5) is 10.1 Å². The summed E-state index contributed by atoms with van der Waals surface area (Å²) in [7, 11) is 0. The van der Waals surface area contributed by atoms with Crippen molar-refractivity contribution in [3.63, 3.8) is 0 Å². The zero-order valence-electron chi connectivity index (χ0n) is 10.7. The molecule has 0 aliphatic carbocycles. The average molecular weight is 353 g/mol. The summed E-state index contributed by atoms with van der Waals surface area (Å²) in [6, 6.07) is 10.2. The van der Waals surface area contributed by atoms with E-state index in [1.54, 1.807) is 18.2 Å². The fourth-order valence-electron chi connectivity index (χ4n) is 1.79. The van der Waals surface area contributed by atoms with Crippen LogP contribution in [0.5, 0.6) is 0 Å². The van der Waals surface area contributed by atoms with Gasteiger partial charge in [0.05, 0.1) is 15.0 Å². The Labute approximate surface area is 128 Å². The van der Waals surface area contributed by atoms with E-state index < -0.39 is 16.6 Å². The number of benzene rings is 2. The Hall–Kier alpha value is -2.28. The first-order chi connectivity index (χ1) is 10.0. The van der Waals surface area contributed by atoms with Crippen LogP contribution < -0.4 is 5.32 Å². The molecular formula is C14H10BrFN2O3. The number of rotatable bonds is 4. The molecule has 0 saturated heterocycles. The second-order valence-electron chi connectivity index (χ2n) is 4.17. The fourth-order valence-corrected chi connectivity index (χ4v) is 2.23. The molecule has 2 rings (SSSR count). The van der Waals surface area contributed by atoms with Crippen molar-refractivity contribution in [2.24, 2.45) is 0 Å². The van der Waals surface area contributed by atoms with Crippen LogP contribution in [-0.4, -0.2) is 10.8 Å². The van der Waals surface area contributed by atoms with Gasteiger partial charge in [0.1, 0.15) is 5.82 Å². The molecule has 21 heavy (non-hydrogen) atoms. The summed E-state index contributed by atoms with van der Waals surface area (Å²) in [4.78, 5) is 22.4. The average Bonchev–Trinajstić information content (AvgIpc) is 2.47. The smallest absolute Gasteiger partial charge is 0.274 e. The van der Waals surface area contributed by atoms with Crippen LogP contribution in [0.3, 0.4) is 0 Å². The van der Waals surface area contributed by atoms with E-state index in [0.717, 1.165) is 0 Å². The van der Waals surface area contributed by atoms with Crippen molar-refractivity contribution in [2.75, 3.05) is 0 Å². The maximum atomic E-state index is 13.4. The molecule has 0 fully saturated rings. The minimum atomic E-state index is -0.548. The van der Waals surface area contributed by atoms with E-state index in [-0.39, 0.29) is 22.3 Å². The van der Waals surface area contributed by atoms with Crippen LogP contribution in [-0.2, 0) is 6.54 Å². The number of carbonyl (C=O) groups excluding carboxylic acids is 1. The summed E-state index contributed by atoms with van der Waals surface area (Å²) in [5, 5.41) is 13.4. The van der Waals surface area contributed by atoms with E-state index in [9.17, 15) is 19.3 Å². The molecule has 0 aliphatic heterocycles. The van der Waals surface area contributed by atoms with E-state index in [0.29, 0.717) is 5.56 Å². The molecular weight excluding hydrogens is 343 g/mol. The van der Waals surface area contributed by atoms with E-state index in [2.05, 4.69) is 21.2 Å². The summed E-state index contributed by atoms with van der Waals surface area (Å²) in [6.07, 6.45) is 0. The molecule has 2 aromatic carbocycles. The van der Waals surface area contributed by atoms with Gasteiger partial charge in [-0.3, -0.25) is 14.9 Å². The minimum Gasteiger partial charge on any atom is -0.348 e. The number of nitrogens with zero attached hydrogens (tertiary/aromatic N) is 1. The second kappa shape index (κ2) is 6.45. The summed E-state index contributed by atoms with van der Waals surface area (Å²) < 4.78 is 13.4. The first-order valence-corrected chi connectivity index (χ1v) is 6.74. The summed E-state index contributed by atoms with van der Waals surface area (Å²) in [6.45, 7) is -0.0149. The molecule has 0 aromatic heterocycles. The number of para-hydroxylation sites is 1. The van der Waals surface area contributed by atoms with Gasteiger partial charge in [-0.1, -0.05) is 24.3 Å². The number of halogens is 2. The van der Waals surface area contributed by atoms with Crippen molar-refractivity contribution in [1.29, 1.82) is 0 Å². The van der Waals surface area contributed by atoms with Gasteiger partial charge in [-0.25, -0.2) is 4.39 Å². The first-order valence-electron chi connectivity index (χ1n) is 5.95. The lowest BCUT2D eigenvalue weighted by Gasteiger charge is -2.08. The number of hydrogen-bond acceptors (Lipinski definition) is 3. The Kier molecular flexibility index (Phi) is 4.64. The van der Waals surface area contributed by atoms with Crippen LogP contribution in [0.15, 0.2) is 46.9 Å². The molecule has 2 aromatic rings. The second-order valence-corrected chi connectivity index (χ2v) is 4.96. The molecule has 0 aliphatic rings. The predicted molar refractivity (Wildman–Crippen MR) is 78.4 cm³/mol. The predicted octanol–water partition coefficient (Wildman–Crippen LogP) is 3.43. The molecule has 1 amide bonds. The van der Waals surface area contributed by atoms with Gasteiger partial charge < -0.3 is 5.32 Å². The summed E-state index contributed by atoms with van der Waals surface area (Å²) in [5.74, 6) is -1.06. The van der Waals surface area contributed by atoms with Crippen molar-refractivity contribution in [3.05, 3.63) is 74.0 Å². The highest BCUT2D eigenvalue weighted by Crippen LogP contribution is 2.21. The van der Waals surface area contributed by atoms with Gasteiger partial charge in [-0.05, 0) is 28.1 Å². The molecule has 1 N–H and O–H groups in total. The Bertz CT molecular complexity index is 706. The van der Waals surface area contributed by atoms with Crippen LogP contribution in [0.2, 0.25) is 0 Å².